The number of anilines is 3. The van der Waals surface area contributed by atoms with Crippen LogP contribution in [0.5, 0.6) is 0 Å². The first-order valence-corrected chi connectivity index (χ1v) is 20.5. The summed E-state index contributed by atoms with van der Waals surface area (Å²) in [6.45, 7) is 0. The lowest BCUT2D eigenvalue weighted by Gasteiger charge is -2.32. The molecule has 1 aromatic heterocycles. The van der Waals surface area contributed by atoms with E-state index in [2.05, 4.69) is 217 Å². The van der Waals surface area contributed by atoms with Crippen molar-refractivity contribution in [2.75, 3.05) is 4.90 Å². The van der Waals surface area contributed by atoms with Gasteiger partial charge in [0.1, 0.15) is 0 Å². The second-order valence-corrected chi connectivity index (χ2v) is 16.2. The Kier molecular flexibility index (Phi) is 7.08. The van der Waals surface area contributed by atoms with Gasteiger partial charge in [-0.1, -0.05) is 176 Å². The van der Waals surface area contributed by atoms with E-state index in [-0.39, 0.29) is 0 Å². The summed E-state index contributed by atoms with van der Waals surface area (Å²) < 4.78 is 2.69. The van der Waals surface area contributed by atoms with E-state index >= 15 is 0 Å². The van der Waals surface area contributed by atoms with Crippen molar-refractivity contribution >= 4 is 48.6 Å². The van der Waals surface area contributed by atoms with Gasteiger partial charge in [0.15, 0.2) is 0 Å². The van der Waals surface area contributed by atoms with Gasteiger partial charge in [0.25, 0.3) is 0 Å². The van der Waals surface area contributed by atoms with Gasteiger partial charge in [-0.15, -0.1) is 11.3 Å². The van der Waals surface area contributed by atoms with Crippen LogP contribution in [0.1, 0.15) is 22.3 Å². The average Bonchev–Trinajstić information content (AvgIpc) is 3.91. The quantitative estimate of drug-likeness (QED) is 0.170. The lowest BCUT2D eigenvalue weighted by atomic mass is 9.70. The van der Waals surface area contributed by atoms with Crippen molar-refractivity contribution < 1.29 is 0 Å². The molecule has 0 bridgehead atoms. The van der Waals surface area contributed by atoms with Crippen molar-refractivity contribution in [1.29, 1.82) is 0 Å². The van der Waals surface area contributed by atoms with Crippen molar-refractivity contribution in [3.63, 3.8) is 0 Å². The summed E-state index contributed by atoms with van der Waals surface area (Å²) >= 11 is 1.93. The SMILES string of the molecule is c1ccc(-c2ccc(N(c3ccc4c(c3)C3(c5ccccc5-c5ccccc53)c3ccc5c(sc6ccccc65)c3-4)c3ccccc3-c3ccccc3)cc2)cc1. The molecule has 0 fully saturated rings. The van der Waals surface area contributed by atoms with E-state index in [1.807, 2.05) is 11.3 Å². The predicted molar refractivity (Wildman–Crippen MR) is 241 cm³/mol. The van der Waals surface area contributed by atoms with Crippen LogP contribution in [0.4, 0.5) is 17.1 Å². The van der Waals surface area contributed by atoms with Crippen LogP contribution in [0.25, 0.3) is 64.7 Å². The van der Waals surface area contributed by atoms with Gasteiger partial charge >= 0.3 is 0 Å². The Labute approximate surface area is 336 Å². The minimum absolute atomic E-state index is 0.472. The van der Waals surface area contributed by atoms with E-state index in [4.69, 9.17) is 0 Å². The minimum atomic E-state index is -0.472. The normalized spacial score (nSPS) is 13.1. The number of rotatable bonds is 5. The van der Waals surface area contributed by atoms with Crippen molar-refractivity contribution in [3.05, 3.63) is 235 Å². The van der Waals surface area contributed by atoms with Gasteiger partial charge in [-0.3, -0.25) is 0 Å². The Balaban J connectivity index is 1.16. The highest BCUT2D eigenvalue weighted by molar-refractivity contribution is 7.26. The molecule has 0 saturated carbocycles. The van der Waals surface area contributed by atoms with Crippen LogP contribution in [-0.2, 0) is 5.41 Å². The van der Waals surface area contributed by atoms with E-state index in [1.54, 1.807) is 0 Å². The average molecular weight is 742 g/mol. The number of nitrogens with zero attached hydrogens (tertiary/aromatic N) is 1. The van der Waals surface area contributed by atoms with Crippen LogP contribution in [0.15, 0.2) is 212 Å². The Bertz CT molecular complexity index is 3130. The number of benzene rings is 9. The lowest BCUT2D eigenvalue weighted by Crippen LogP contribution is -2.26. The molecule has 2 aliphatic carbocycles. The van der Waals surface area contributed by atoms with Crippen molar-refractivity contribution in [3.8, 4) is 44.5 Å². The van der Waals surface area contributed by atoms with E-state index in [9.17, 15) is 0 Å². The number of hydrogen-bond acceptors (Lipinski definition) is 2. The van der Waals surface area contributed by atoms with Crippen LogP contribution in [0.2, 0.25) is 0 Å². The van der Waals surface area contributed by atoms with Gasteiger partial charge in [-0.05, 0) is 92.0 Å². The topological polar surface area (TPSA) is 3.24 Å². The Morgan fingerprint density at radius 1 is 0.351 bits per heavy atom. The second kappa shape index (κ2) is 12.5. The van der Waals surface area contributed by atoms with Gasteiger partial charge in [-0.2, -0.15) is 0 Å². The molecule has 0 aliphatic heterocycles. The summed E-state index contributed by atoms with van der Waals surface area (Å²) in [5.74, 6) is 0. The van der Waals surface area contributed by atoms with Crippen molar-refractivity contribution in [2.24, 2.45) is 0 Å². The van der Waals surface area contributed by atoms with E-state index < -0.39 is 5.41 Å². The van der Waals surface area contributed by atoms with Gasteiger partial charge in [0.2, 0.25) is 0 Å². The van der Waals surface area contributed by atoms with Gasteiger partial charge in [-0.25, -0.2) is 0 Å². The highest BCUT2D eigenvalue weighted by Gasteiger charge is 2.52. The maximum absolute atomic E-state index is 2.51. The molecular formula is C55H35NS. The third-order valence-electron chi connectivity index (χ3n) is 12.3. The first-order chi connectivity index (χ1) is 28.3. The molecule has 57 heavy (non-hydrogen) atoms. The second-order valence-electron chi connectivity index (χ2n) is 15.2. The Hall–Kier alpha value is -7.00. The molecule has 0 saturated heterocycles. The zero-order valence-electron chi connectivity index (χ0n) is 31.1. The smallest absolute Gasteiger partial charge is 0.0726 e. The number of para-hydroxylation sites is 1. The fourth-order valence-electron chi connectivity index (χ4n) is 9.92. The van der Waals surface area contributed by atoms with Crippen LogP contribution >= 0.6 is 11.3 Å². The molecule has 0 N–H and O–H groups in total. The molecule has 1 spiro atoms. The van der Waals surface area contributed by atoms with Crippen LogP contribution in [0, 0.1) is 0 Å². The molecule has 2 aliphatic rings. The minimum Gasteiger partial charge on any atom is -0.310 e. The molecule has 0 radical (unpaired) electrons. The molecule has 1 heterocycles. The van der Waals surface area contributed by atoms with Crippen LogP contribution in [-0.4, -0.2) is 0 Å². The standard InChI is InChI=1S/C55H35NS/c1-3-15-36(16-4-1)37-27-29-39(30-28-37)56(51-25-13-9-19-41(51)38-17-5-2-6-18-38)40-31-32-46-50(35-40)55(47-23-11-7-20-42(47)43-21-8-12-24-48(43)55)49-34-33-45-44-22-10-14-26-52(44)57-54(45)53(46)49/h1-35H. The monoisotopic (exact) mass is 741 g/mol. The molecule has 266 valence electrons. The van der Waals surface area contributed by atoms with Crippen molar-refractivity contribution in [1.82, 2.24) is 0 Å². The highest BCUT2D eigenvalue weighted by Crippen LogP contribution is 2.65. The zero-order chi connectivity index (χ0) is 37.5. The maximum atomic E-state index is 2.51. The largest absolute Gasteiger partial charge is 0.310 e. The van der Waals surface area contributed by atoms with Crippen LogP contribution < -0.4 is 4.90 Å². The molecule has 9 aromatic carbocycles. The third-order valence-corrected chi connectivity index (χ3v) is 13.5. The summed E-state index contributed by atoms with van der Waals surface area (Å²) in [5, 5.41) is 2.66. The molecule has 1 nitrogen and oxygen atoms in total. The maximum Gasteiger partial charge on any atom is 0.0726 e. The van der Waals surface area contributed by atoms with Gasteiger partial charge in [0.05, 0.1) is 11.1 Å². The third kappa shape index (κ3) is 4.62. The fourth-order valence-corrected chi connectivity index (χ4v) is 11.2. The summed E-state index contributed by atoms with van der Waals surface area (Å²) in [7, 11) is 0. The lowest BCUT2D eigenvalue weighted by molar-refractivity contribution is 0.794. The molecule has 10 aromatic rings. The van der Waals surface area contributed by atoms with Gasteiger partial charge < -0.3 is 4.90 Å². The molecule has 12 rings (SSSR count). The Morgan fingerprint density at radius 2 is 0.930 bits per heavy atom. The predicted octanol–water partition coefficient (Wildman–Crippen LogP) is 15.2. The molecule has 0 unspecified atom stereocenters. The van der Waals surface area contributed by atoms with Crippen molar-refractivity contribution in [2.45, 2.75) is 5.41 Å². The van der Waals surface area contributed by atoms with E-state index in [0.717, 1.165) is 17.1 Å². The summed E-state index contributed by atoms with van der Waals surface area (Å²) in [5.41, 5.74) is 18.4. The summed E-state index contributed by atoms with van der Waals surface area (Å²) in [6.07, 6.45) is 0. The molecule has 0 amide bonds. The molecule has 2 heteroatoms. The number of hydrogen-bond donors (Lipinski definition) is 0. The first kappa shape index (κ1) is 32.3. The van der Waals surface area contributed by atoms with E-state index in [0.29, 0.717) is 0 Å². The van der Waals surface area contributed by atoms with Crippen LogP contribution in [0.3, 0.4) is 0 Å². The Morgan fingerprint density at radius 3 is 1.67 bits per heavy atom. The van der Waals surface area contributed by atoms with Gasteiger partial charge in [0, 0.05) is 42.7 Å². The number of thiophene rings is 1. The number of fused-ring (bicyclic) bond motifs is 14. The molecule has 0 atom stereocenters. The first-order valence-electron chi connectivity index (χ1n) is 19.7. The highest BCUT2D eigenvalue weighted by atomic mass is 32.1. The fraction of sp³-hybridized carbons (Fsp3) is 0.0182. The zero-order valence-corrected chi connectivity index (χ0v) is 31.9. The summed E-state index contributed by atoms with van der Waals surface area (Å²) in [4.78, 5) is 2.47. The summed E-state index contributed by atoms with van der Waals surface area (Å²) in [6, 6.07) is 78.6. The van der Waals surface area contributed by atoms with E-state index in [1.165, 1.54) is 86.9 Å². The molecular weight excluding hydrogens is 707 g/mol.